The number of halogens is 1. The van der Waals surface area contributed by atoms with Gasteiger partial charge in [-0.3, -0.25) is 4.79 Å². The minimum absolute atomic E-state index is 0.0615. The first-order chi connectivity index (χ1) is 9.61. The summed E-state index contributed by atoms with van der Waals surface area (Å²) in [6, 6.07) is 7.14. The van der Waals surface area contributed by atoms with Crippen molar-refractivity contribution in [2.75, 3.05) is 18.1 Å². The van der Waals surface area contributed by atoms with Crippen LogP contribution in [0.2, 0.25) is 5.02 Å². The molecule has 0 aliphatic carbocycles. The average Bonchev–Trinajstić information content (AvgIpc) is 2.79. The van der Waals surface area contributed by atoms with Gasteiger partial charge >= 0.3 is 0 Å². The summed E-state index contributed by atoms with van der Waals surface area (Å²) in [5.74, 6) is 6.66. The lowest BCUT2D eigenvalue weighted by atomic mass is 10.2. The van der Waals surface area contributed by atoms with Crippen LogP contribution in [0.5, 0.6) is 0 Å². The van der Waals surface area contributed by atoms with Crippen molar-refractivity contribution < 1.29 is 4.79 Å². The van der Waals surface area contributed by atoms with Crippen LogP contribution in [0.3, 0.4) is 0 Å². The van der Waals surface area contributed by atoms with Gasteiger partial charge in [0.05, 0.1) is 5.75 Å². The Hall–Kier alpha value is -1.73. The summed E-state index contributed by atoms with van der Waals surface area (Å²) in [6.45, 7) is 2.47. The lowest BCUT2D eigenvalue weighted by Crippen LogP contribution is -2.24. The quantitative estimate of drug-likeness (QED) is 0.646. The van der Waals surface area contributed by atoms with Crippen LogP contribution in [0.4, 0.5) is 0 Å². The fraction of sp³-hybridized carbons (Fsp3) is 0.250. The van der Waals surface area contributed by atoms with Gasteiger partial charge in [0.25, 0.3) is 0 Å². The van der Waals surface area contributed by atoms with Crippen LogP contribution in [-0.2, 0) is 4.79 Å². The van der Waals surface area contributed by atoms with Crippen molar-refractivity contribution >= 4 is 29.3 Å². The molecule has 1 heterocycles. The Morgan fingerprint density at radius 3 is 2.75 bits per heavy atom. The zero-order valence-corrected chi connectivity index (χ0v) is 12.4. The summed E-state index contributed by atoms with van der Waals surface area (Å²) in [5.41, 5.74) is 0.814. The zero-order valence-electron chi connectivity index (χ0n) is 10.8. The van der Waals surface area contributed by atoms with Gasteiger partial charge in [0.1, 0.15) is 0 Å². The molecule has 0 bridgehead atoms. The summed E-state index contributed by atoms with van der Waals surface area (Å²) in [5, 5.41) is 11.9. The Morgan fingerprint density at radius 2 is 2.10 bits per heavy atom. The molecule has 0 aliphatic rings. The topological polar surface area (TPSA) is 85.8 Å². The monoisotopic (exact) mass is 311 g/mol. The number of carbonyl (C=O) groups is 1. The SMILES string of the molecule is CCNC(=O)CSc1nnc(-c2ccc(Cl)cc2)n1N. The van der Waals surface area contributed by atoms with E-state index in [0.717, 1.165) is 5.56 Å². The summed E-state index contributed by atoms with van der Waals surface area (Å²) in [7, 11) is 0. The number of thioether (sulfide) groups is 1. The van der Waals surface area contributed by atoms with Gasteiger partial charge in [-0.25, -0.2) is 4.68 Å². The van der Waals surface area contributed by atoms with E-state index in [0.29, 0.717) is 22.5 Å². The Balaban J connectivity index is 2.11. The van der Waals surface area contributed by atoms with Crippen molar-refractivity contribution in [1.82, 2.24) is 20.2 Å². The summed E-state index contributed by atoms with van der Waals surface area (Å²) < 4.78 is 1.37. The number of hydrogen-bond acceptors (Lipinski definition) is 5. The Morgan fingerprint density at radius 1 is 1.40 bits per heavy atom. The number of carbonyl (C=O) groups excluding carboxylic acids is 1. The third-order valence-corrected chi connectivity index (χ3v) is 3.67. The highest BCUT2D eigenvalue weighted by Gasteiger charge is 2.13. The number of nitrogens with one attached hydrogen (secondary N) is 1. The molecule has 0 saturated heterocycles. The van der Waals surface area contributed by atoms with Gasteiger partial charge < -0.3 is 11.2 Å². The van der Waals surface area contributed by atoms with Crippen molar-refractivity contribution in [2.24, 2.45) is 0 Å². The molecule has 0 unspecified atom stereocenters. The van der Waals surface area contributed by atoms with Crippen molar-refractivity contribution in [3.8, 4) is 11.4 Å². The highest BCUT2D eigenvalue weighted by Crippen LogP contribution is 2.22. The van der Waals surface area contributed by atoms with Crippen LogP contribution >= 0.6 is 23.4 Å². The van der Waals surface area contributed by atoms with Gasteiger partial charge in [0.15, 0.2) is 5.82 Å². The maximum absolute atomic E-state index is 11.4. The number of amides is 1. The van der Waals surface area contributed by atoms with Crippen molar-refractivity contribution in [3.05, 3.63) is 29.3 Å². The van der Waals surface area contributed by atoms with Crippen LogP contribution in [0, 0.1) is 0 Å². The summed E-state index contributed by atoms with van der Waals surface area (Å²) in [4.78, 5) is 11.4. The number of rotatable bonds is 5. The number of benzene rings is 1. The van der Waals surface area contributed by atoms with E-state index < -0.39 is 0 Å². The fourth-order valence-electron chi connectivity index (χ4n) is 1.55. The Kier molecular flexibility index (Phi) is 4.86. The number of nitrogens with zero attached hydrogens (tertiary/aromatic N) is 3. The largest absolute Gasteiger partial charge is 0.356 e. The van der Waals surface area contributed by atoms with Gasteiger partial charge in [-0.05, 0) is 31.2 Å². The number of aromatic nitrogens is 3. The zero-order chi connectivity index (χ0) is 14.5. The maximum Gasteiger partial charge on any atom is 0.230 e. The van der Waals surface area contributed by atoms with Crippen molar-refractivity contribution in [1.29, 1.82) is 0 Å². The van der Waals surface area contributed by atoms with Crippen molar-refractivity contribution in [3.63, 3.8) is 0 Å². The molecule has 0 saturated carbocycles. The molecule has 106 valence electrons. The molecule has 6 nitrogen and oxygen atoms in total. The Labute approximate surface area is 125 Å². The first kappa shape index (κ1) is 14.7. The van der Waals surface area contributed by atoms with E-state index in [1.54, 1.807) is 12.1 Å². The summed E-state index contributed by atoms with van der Waals surface area (Å²) in [6.07, 6.45) is 0. The Bertz CT molecular complexity index is 598. The second-order valence-corrected chi connectivity index (χ2v) is 5.30. The van der Waals surface area contributed by atoms with Gasteiger partial charge in [-0.15, -0.1) is 10.2 Å². The molecule has 0 atom stereocenters. The number of nitrogens with two attached hydrogens (primary N) is 1. The molecule has 0 radical (unpaired) electrons. The minimum Gasteiger partial charge on any atom is -0.356 e. The lowest BCUT2D eigenvalue weighted by Gasteiger charge is -2.04. The van der Waals surface area contributed by atoms with E-state index in [4.69, 9.17) is 17.4 Å². The van der Waals surface area contributed by atoms with E-state index >= 15 is 0 Å². The van der Waals surface area contributed by atoms with Crippen LogP contribution < -0.4 is 11.2 Å². The molecule has 0 spiro atoms. The lowest BCUT2D eigenvalue weighted by molar-refractivity contribution is -0.118. The van der Waals surface area contributed by atoms with E-state index in [1.165, 1.54) is 16.4 Å². The van der Waals surface area contributed by atoms with Crippen LogP contribution in [0.25, 0.3) is 11.4 Å². The highest BCUT2D eigenvalue weighted by atomic mass is 35.5. The second-order valence-electron chi connectivity index (χ2n) is 3.93. The maximum atomic E-state index is 11.4. The van der Waals surface area contributed by atoms with Crippen molar-refractivity contribution in [2.45, 2.75) is 12.1 Å². The first-order valence-electron chi connectivity index (χ1n) is 5.97. The van der Waals surface area contributed by atoms with E-state index in [2.05, 4.69) is 15.5 Å². The molecule has 2 aromatic rings. The molecule has 1 amide bonds. The molecule has 0 fully saturated rings. The van der Waals surface area contributed by atoms with Crippen LogP contribution in [-0.4, -0.2) is 33.1 Å². The number of nitrogen functional groups attached to an aromatic ring is 1. The minimum atomic E-state index is -0.0615. The fourth-order valence-corrected chi connectivity index (χ4v) is 2.36. The molecule has 1 aromatic heterocycles. The molecule has 8 heteroatoms. The predicted octanol–water partition coefficient (Wildman–Crippen LogP) is 1.54. The van der Waals surface area contributed by atoms with E-state index in [9.17, 15) is 4.79 Å². The standard InChI is InChI=1S/C12H14ClN5OS/c1-2-15-10(19)7-20-12-17-16-11(18(12)14)8-3-5-9(13)6-4-8/h3-6H,2,7,14H2,1H3,(H,15,19). The smallest absolute Gasteiger partial charge is 0.230 e. The van der Waals surface area contributed by atoms with Crippen LogP contribution in [0.1, 0.15) is 6.92 Å². The first-order valence-corrected chi connectivity index (χ1v) is 7.34. The molecule has 3 N–H and O–H groups in total. The second kappa shape index (κ2) is 6.62. The summed E-state index contributed by atoms with van der Waals surface area (Å²) >= 11 is 7.08. The van der Waals surface area contributed by atoms with Gasteiger partial charge in [0.2, 0.25) is 11.1 Å². The van der Waals surface area contributed by atoms with Gasteiger partial charge in [-0.1, -0.05) is 23.4 Å². The molecular formula is C12H14ClN5OS. The molecule has 1 aromatic carbocycles. The number of hydrogen-bond donors (Lipinski definition) is 2. The van der Waals surface area contributed by atoms with Gasteiger partial charge in [0, 0.05) is 17.1 Å². The average molecular weight is 312 g/mol. The molecular weight excluding hydrogens is 298 g/mol. The predicted molar refractivity (Wildman–Crippen MR) is 80.0 cm³/mol. The van der Waals surface area contributed by atoms with E-state index in [-0.39, 0.29) is 11.7 Å². The third-order valence-electron chi connectivity index (χ3n) is 2.47. The van der Waals surface area contributed by atoms with Crippen LogP contribution in [0.15, 0.2) is 29.4 Å². The molecule has 20 heavy (non-hydrogen) atoms. The normalized spacial score (nSPS) is 10.5. The molecule has 2 rings (SSSR count). The third kappa shape index (κ3) is 3.43. The molecule has 0 aliphatic heterocycles. The highest BCUT2D eigenvalue weighted by molar-refractivity contribution is 7.99. The van der Waals surface area contributed by atoms with Gasteiger partial charge in [-0.2, -0.15) is 0 Å². The van der Waals surface area contributed by atoms with E-state index in [1.807, 2.05) is 19.1 Å².